The molecule has 1 aromatic rings. The first-order valence-corrected chi connectivity index (χ1v) is 3.98. The second-order valence-corrected chi connectivity index (χ2v) is 2.64. The number of pyridine rings is 1. The Balaban J connectivity index is 0.000000424. The van der Waals surface area contributed by atoms with Gasteiger partial charge in [-0.25, -0.2) is 4.98 Å². The zero-order valence-corrected chi connectivity index (χ0v) is 8.30. The van der Waals surface area contributed by atoms with Crippen molar-refractivity contribution in [3.63, 3.8) is 0 Å². The standard InChI is InChI=1S/C6H5ClN2O.C2H7N/c7-6-1-5(8)4(3-10)2-9-6;1-3-2/h1-3H,(H2,8,9);3H,1-2H3. The number of nitrogens with two attached hydrogens (primary N) is 1. The largest absolute Gasteiger partial charge is 0.398 e. The molecule has 0 aliphatic carbocycles. The van der Waals surface area contributed by atoms with Gasteiger partial charge in [0.25, 0.3) is 0 Å². The maximum Gasteiger partial charge on any atom is 0.153 e. The summed E-state index contributed by atoms with van der Waals surface area (Å²) in [5, 5.41) is 3.04. The zero-order chi connectivity index (χ0) is 10.3. The van der Waals surface area contributed by atoms with Gasteiger partial charge in [-0.2, -0.15) is 0 Å². The Morgan fingerprint density at radius 1 is 1.62 bits per heavy atom. The van der Waals surface area contributed by atoms with Gasteiger partial charge in [0.15, 0.2) is 6.29 Å². The van der Waals surface area contributed by atoms with Gasteiger partial charge < -0.3 is 11.1 Å². The molecule has 0 aliphatic rings. The summed E-state index contributed by atoms with van der Waals surface area (Å²) in [7, 11) is 3.75. The van der Waals surface area contributed by atoms with Crippen LogP contribution in [0.3, 0.4) is 0 Å². The maximum absolute atomic E-state index is 10.2. The second kappa shape index (κ2) is 6.39. The average molecular weight is 202 g/mol. The number of aromatic nitrogens is 1. The van der Waals surface area contributed by atoms with E-state index < -0.39 is 0 Å². The third kappa shape index (κ3) is 4.45. The molecule has 1 rings (SSSR count). The van der Waals surface area contributed by atoms with Crippen molar-refractivity contribution in [2.24, 2.45) is 0 Å². The molecule has 1 aromatic heterocycles. The van der Waals surface area contributed by atoms with E-state index in [4.69, 9.17) is 17.3 Å². The fourth-order valence-corrected chi connectivity index (χ4v) is 0.719. The normalized spacial score (nSPS) is 8.54. The van der Waals surface area contributed by atoms with Crippen LogP contribution in [0.25, 0.3) is 0 Å². The maximum atomic E-state index is 10.2. The molecule has 0 saturated heterocycles. The van der Waals surface area contributed by atoms with Gasteiger partial charge in [-0.15, -0.1) is 0 Å². The van der Waals surface area contributed by atoms with E-state index in [0.29, 0.717) is 22.7 Å². The number of aldehydes is 1. The van der Waals surface area contributed by atoms with Crippen LogP contribution in [0, 0.1) is 0 Å². The van der Waals surface area contributed by atoms with Gasteiger partial charge >= 0.3 is 0 Å². The van der Waals surface area contributed by atoms with Crippen molar-refractivity contribution in [1.29, 1.82) is 0 Å². The molecule has 0 aromatic carbocycles. The number of hydrogen-bond donors (Lipinski definition) is 2. The van der Waals surface area contributed by atoms with E-state index in [1.807, 2.05) is 14.1 Å². The van der Waals surface area contributed by atoms with Crippen LogP contribution in [0.1, 0.15) is 10.4 Å². The molecule has 0 unspecified atom stereocenters. The monoisotopic (exact) mass is 201 g/mol. The highest BCUT2D eigenvalue weighted by atomic mass is 35.5. The summed E-state index contributed by atoms with van der Waals surface area (Å²) in [5.41, 5.74) is 6.10. The molecule has 0 spiro atoms. The third-order valence-corrected chi connectivity index (χ3v) is 1.27. The van der Waals surface area contributed by atoms with Crippen molar-refractivity contribution in [1.82, 2.24) is 10.3 Å². The van der Waals surface area contributed by atoms with Crippen LogP contribution >= 0.6 is 11.6 Å². The van der Waals surface area contributed by atoms with Gasteiger partial charge in [0.2, 0.25) is 0 Å². The molecule has 0 amide bonds. The topological polar surface area (TPSA) is 68.0 Å². The first-order valence-electron chi connectivity index (χ1n) is 3.60. The van der Waals surface area contributed by atoms with Gasteiger partial charge in [-0.05, 0) is 20.2 Å². The number of carbonyl (C=O) groups excluding carboxylic acids is 1. The fraction of sp³-hybridized carbons (Fsp3) is 0.250. The van der Waals surface area contributed by atoms with Crippen molar-refractivity contribution in [3.8, 4) is 0 Å². The molecule has 4 nitrogen and oxygen atoms in total. The molecule has 0 radical (unpaired) electrons. The van der Waals surface area contributed by atoms with Crippen molar-refractivity contribution in [2.45, 2.75) is 0 Å². The summed E-state index contributed by atoms with van der Waals surface area (Å²) in [4.78, 5) is 13.8. The van der Waals surface area contributed by atoms with Crippen LogP contribution in [-0.2, 0) is 0 Å². The van der Waals surface area contributed by atoms with Crippen LogP contribution in [-0.4, -0.2) is 25.4 Å². The van der Waals surface area contributed by atoms with E-state index in [2.05, 4.69) is 10.3 Å². The lowest BCUT2D eigenvalue weighted by Crippen LogP contribution is -1.93. The van der Waals surface area contributed by atoms with Gasteiger partial charge in [-0.1, -0.05) is 11.6 Å². The quantitative estimate of drug-likeness (QED) is 0.525. The summed E-state index contributed by atoms with van der Waals surface area (Å²) in [6.07, 6.45) is 1.98. The summed E-state index contributed by atoms with van der Waals surface area (Å²) < 4.78 is 0. The first kappa shape index (κ1) is 11.9. The molecule has 0 fully saturated rings. The Hall–Kier alpha value is -1.13. The minimum Gasteiger partial charge on any atom is -0.398 e. The van der Waals surface area contributed by atoms with Crippen LogP contribution < -0.4 is 11.1 Å². The van der Waals surface area contributed by atoms with E-state index in [0.717, 1.165) is 0 Å². The summed E-state index contributed by atoms with van der Waals surface area (Å²) in [6, 6.07) is 1.44. The lowest BCUT2D eigenvalue weighted by Gasteiger charge is -1.95. The highest BCUT2D eigenvalue weighted by molar-refractivity contribution is 6.29. The average Bonchev–Trinajstić information content (AvgIpc) is 2.06. The Morgan fingerprint density at radius 2 is 2.15 bits per heavy atom. The molecule has 0 aliphatic heterocycles. The summed E-state index contributed by atoms with van der Waals surface area (Å²) >= 11 is 5.47. The van der Waals surface area contributed by atoms with E-state index in [-0.39, 0.29) is 0 Å². The minimum absolute atomic E-state index is 0.295. The highest BCUT2D eigenvalue weighted by Crippen LogP contribution is 2.12. The molecular weight excluding hydrogens is 190 g/mol. The molecular formula is C8H12ClN3O. The predicted octanol–water partition coefficient (Wildman–Crippen LogP) is 0.965. The number of nitrogens with zero attached hydrogens (tertiary/aromatic N) is 1. The Labute approximate surface area is 82.1 Å². The number of nitrogen functional groups attached to an aromatic ring is 1. The molecule has 0 saturated carbocycles. The summed E-state index contributed by atoms with van der Waals surface area (Å²) in [6.45, 7) is 0. The van der Waals surface area contributed by atoms with E-state index >= 15 is 0 Å². The zero-order valence-electron chi connectivity index (χ0n) is 7.54. The number of hydrogen-bond acceptors (Lipinski definition) is 4. The minimum atomic E-state index is 0.295. The Morgan fingerprint density at radius 3 is 2.54 bits per heavy atom. The SMILES string of the molecule is CNC.Nc1cc(Cl)ncc1C=O. The molecule has 3 N–H and O–H groups in total. The fourth-order valence-electron chi connectivity index (χ4n) is 0.553. The lowest BCUT2D eigenvalue weighted by atomic mass is 10.3. The number of halogens is 1. The first-order chi connectivity index (χ1) is 6.15. The Kier molecular flexibility index (Phi) is 5.84. The van der Waals surface area contributed by atoms with Crippen LogP contribution in [0.5, 0.6) is 0 Å². The summed E-state index contributed by atoms with van der Waals surface area (Å²) in [5.74, 6) is 0. The molecule has 72 valence electrons. The highest BCUT2D eigenvalue weighted by Gasteiger charge is 1.97. The van der Waals surface area contributed by atoms with E-state index in [9.17, 15) is 4.79 Å². The van der Waals surface area contributed by atoms with Gasteiger partial charge in [0.05, 0.1) is 5.56 Å². The van der Waals surface area contributed by atoms with Crippen LogP contribution in [0.15, 0.2) is 12.3 Å². The van der Waals surface area contributed by atoms with Gasteiger partial charge in [0, 0.05) is 11.9 Å². The third-order valence-electron chi connectivity index (χ3n) is 1.06. The Bertz CT molecular complexity index is 278. The van der Waals surface area contributed by atoms with E-state index in [1.54, 1.807) is 0 Å². The molecule has 0 bridgehead atoms. The number of nitrogens with one attached hydrogen (secondary N) is 1. The van der Waals surface area contributed by atoms with Crippen molar-refractivity contribution in [2.75, 3.05) is 19.8 Å². The molecule has 1 heterocycles. The van der Waals surface area contributed by atoms with Crippen LogP contribution in [0.2, 0.25) is 5.15 Å². The van der Waals surface area contributed by atoms with Gasteiger partial charge in [-0.3, -0.25) is 4.79 Å². The smallest absolute Gasteiger partial charge is 0.153 e. The van der Waals surface area contributed by atoms with Crippen LogP contribution in [0.4, 0.5) is 5.69 Å². The lowest BCUT2D eigenvalue weighted by molar-refractivity contribution is 0.112. The predicted molar refractivity (Wildman–Crippen MR) is 54.0 cm³/mol. The second-order valence-electron chi connectivity index (χ2n) is 2.25. The number of rotatable bonds is 1. The molecule has 0 atom stereocenters. The number of anilines is 1. The van der Waals surface area contributed by atoms with Crippen molar-refractivity contribution in [3.05, 3.63) is 23.0 Å². The van der Waals surface area contributed by atoms with Crippen molar-refractivity contribution < 1.29 is 4.79 Å². The molecule has 13 heavy (non-hydrogen) atoms. The number of carbonyl (C=O) groups is 1. The molecule has 5 heteroatoms. The van der Waals surface area contributed by atoms with E-state index in [1.165, 1.54) is 12.3 Å². The van der Waals surface area contributed by atoms with Crippen molar-refractivity contribution >= 4 is 23.6 Å². The van der Waals surface area contributed by atoms with Gasteiger partial charge in [0.1, 0.15) is 5.15 Å².